The molecule has 0 aliphatic carbocycles. The summed E-state index contributed by atoms with van der Waals surface area (Å²) in [6, 6.07) is 3.81. The van der Waals surface area contributed by atoms with Gasteiger partial charge in [-0.05, 0) is 44.2 Å². The number of rotatable bonds is 2. The maximum atomic E-state index is 12.5. The second-order valence-electron chi connectivity index (χ2n) is 6.20. The Labute approximate surface area is 137 Å². The number of amides is 1. The van der Waals surface area contributed by atoms with Crippen LogP contribution in [0.15, 0.2) is 23.1 Å². The molecule has 0 bridgehead atoms. The number of piperidine rings is 1. The first-order valence-corrected chi connectivity index (χ1v) is 7.84. The Morgan fingerprint density at radius 2 is 2.00 bits per heavy atom. The molecule has 1 amide bonds. The lowest BCUT2D eigenvalue weighted by Gasteiger charge is -2.35. The van der Waals surface area contributed by atoms with Crippen molar-refractivity contribution in [2.45, 2.75) is 31.7 Å². The van der Waals surface area contributed by atoms with E-state index in [4.69, 9.17) is 0 Å². The van der Waals surface area contributed by atoms with Crippen LogP contribution in [0, 0.1) is 5.92 Å². The summed E-state index contributed by atoms with van der Waals surface area (Å²) >= 11 is 0. The standard InChI is InChI=1S/C16H23N3O2.ClH/c1-18-8-4-13(11-15(18)20)16(21)19-9-5-12(6-10-19)14-3-2-7-17-14;/h4,8,11-12,14,17H,2-3,5-7,9-10H2,1H3;1H. The number of hydrogen-bond donors (Lipinski definition) is 1. The zero-order chi connectivity index (χ0) is 14.8. The van der Waals surface area contributed by atoms with Crippen molar-refractivity contribution >= 4 is 18.3 Å². The molecule has 2 saturated heterocycles. The highest BCUT2D eigenvalue weighted by molar-refractivity contribution is 5.94. The van der Waals surface area contributed by atoms with Crippen molar-refractivity contribution in [1.29, 1.82) is 0 Å². The fourth-order valence-electron chi connectivity index (χ4n) is 3.48. The average Bonchev–Trinajstić information content (AvgIpc) is 3.04. The molecule has 1 unspecified atom stereocenters. The SMILES string of the molecule is Cl.Cn1ccc(C(=O)N2CCC(C3CCCN3)CC2)cc1=O. The van der Waals surface area contributed by atoms with E-state index in [-0.39, 0.29) is 23.9 Å². The zero-order valence-electron chi connectivity index (χ0n) is 13.0. The summed E-state index contributed by atoms with van der Waals surface area (Å²) in [6.07, 6.45) is 6.33. The highest BCUT2D eigenvalue weighted by Crippen LogP contribution is 2.26. The maximum absolute atomic E-state index is 12.5. The molecule has 0 aromatic carbocycles. The molecule has 2 aliphatic heterocycles. The maximum Gasteiger partial charge on any atom is 0.254 e. The lowest BCUT2D eigenvalue weighted by Crippen LogP contribution is -2.43. The zero-order valence-corrected chi connectivity index (χ0v) is 13.8. The second kappa shape index (κ2) is 7.29. The van der Waals surface area contributed by atoms with Gasteiger partial charge < -0.3 is 14.8 Å². The van der Waals surface area contributed by atoms with Crippen molar-refractivity contribution in [3.8, 4) is 0 Å². The molecule has 1 aromatic heterocycles. The van der Waals surface area contributed by atoms with Crippen LogP contribution >= 0.6 is 12.4 Å². The molecule has 1 N–H and O–H groups in total. The van der Waals surface area contributed by atoms with E-state index in [1.165, 1.54) is 23.5 Å². The van der Waals surface area contributed by atoms with Crippen LogP contribution in [0.2, 0.25) is 0 Å². The van der Waals surface area contributed by atoms with Gasteiger partial charge >= 0.3 is 0 Å². The third kappa shape index (κ3) is 3.52. The first-order chi connectivity index (χ1) is 10.1. The number of nitrogens with one attached hydrogen (secondary N) is 1. The highest BCUT2D eigenvalue weighted by atomic mass is 35.5. The average molecular weight is 326 g/mol. The monoisotopic (exact) mass is 325 g/mol. The van der Waals surface area contributed by atoms with E-state index in [2.05, 4.69) is 5.32 Å². The highest BCUT2D eigenvalue weighted by Gasteiger charge is 2.30. The summed E-state index contributed by atoms with van der Waals surface area (Å²) in [6.45, 7) is 2.74. The Balaban J connectivity index is 0.00000176. The minimum Gasteiger partial charge on any atom is -0.339 e. The number of halogens is 1. The number of hydrogen-bond acceptors (Lipinski definition) is 3. The summed E-state index contributed by atoms with van der Waals surface area (Å²) in [5, 5.41) is 3.57. The molecule has 0 saturated carbocycles. The van der Waals surface area contributed by atoms with Gasteiger partial charge in [-0.15, -0.1) is 12.4 Å². The number of carbonyl (C=O) groups excluding carboxylic acids is 1. The summed E-state index contributed by atoms with van der Waals surface area (Å²) in [5.74, 6) is 0.686. The lowest BCUT2D eigenvalue weighted by atomic mass is 9.88. The van der Waals surface area contributed by atoms with E-state index >= 15 is 0 Å². The summed E-state index contributed by atoms with van der Waals surface area (Å²) in [5.41, 5.74) is 0.376. The third-order valence-electron chi connectivity index (χ3n) is 4.85. The largest absolute Gasteiger partial charge is 0.339 e. The minimum absolute atomic E-state index is 0. The number of aryl methyl sites for hydroxylation is 1. The molecule has 2 aliphatic rings. The summed E-state index contributed by atoms with van der Waals surface area (Å²) in [4.78, 5) is 26.0. The molecule has 0 radical (unpaired) electrons. The van der Waals surface area contributed by atoms with Crippen LogP contribution in [0.5, 0.6) is 0 Å². The van der Waals surface area contributed by atoms with Crippen molar-refractivity contribution < 1.29 is 4.79 Å². The van der Waals surface area contributed by atoms with Crippen molar-refractivity contribution in [1.82, 2.24) is 14.8 Å². The van der Waals surface area contributed by atoms with Gasteiger partial charge in [0.05, 0.1) is 0 Å². The van der Waals surface area contributed by atoms with Gasteiger partial charge in [-0.3, -0.25) is 9.59 Å². The van der Waals surface area contributed by atoms with E-state index in [0.717, 1.165) is 32.5 Å². The van der Waals surface area contributed by atoms with Crippen molar-refractivity contribution in [3.63, 3.8) is 0 Å². The van der Waals surface area contributed by atoms with Crippen molar-refractivity contribution in [2.24, 2.45) is 13.0 Å². The molecule has 122 valence electrons. The molecule has 3 rings (SSSR count). The van der Waals surface area contributed by atoms with E-state index < -0.39 is 0 Å². The number of likely N-dealkylation sites (tertiary alicyclic amines) is 1. The first-order valence-electron chi connectivity index (χ1n) is 7.84. The summed E-state index contributed by atoms with van der Waals surface area (Å²) < 4.78 is 1.48. The molecule has 3 heterocycles. The number of carbonyl (C=O) groups is 1. The molecule has 6 heteroatoms. The number of aromatic nitrogens is 1. The fraction of sp³-hybridized carbons (Fsp3) is 0.625. The Morgan fingerprint density at radius 3 is 2.59 bits per heavy atom. The Hall–Kier alpha value is -1.33. The van der Waals surface area contributed by atoms with Crippen LogP contribution in [-0.2, 0) is 7.05 Å². The van der Waals surface area contributed by atoms with Crippen LogP contribution in [0.3, 0.4) is 0 Å². The number of pyridine rings is 1. The molecule has 1 atom stereocenters. The van der Waals surface area contributed by atoms with Gasteiger partial charge in [0.15, 0.2) is 0 Å². The van der Waals surface area contributed by atoms with Gasteiger partial charge in [-0.2, -0.15) is 0 Å². The molecule has 22 heavy (non-hydrogen) atoms. The lowest BCUT2D eigenvalue weighted by molar-refractivity contribution is 0.0674. The van der Waals surface area contributed by atoms with Crippen LogP contribution in [0.4, 0.5) is 0 Å². The van der Waals surface area contributed by atoms with Gasteiger partial charge in [0.1, 0.15) is 0 Å². The molecule has 2 fully saturated rings. The van der Waals surface area contributed by atoms with Crippen molar-refractivity contribution in [2.75, 3.05) is 19.6 Å². The van der Waals surface area contributed by atoms with Crippen molar-refractivity contribution in [3.05, 3.63) is 34.2 Å². The predicted octanol–water partition coefficient (Wildman–Crippen LogP) is 1.41. The Bertz CT molecular complexity index is 573. The van der Waals surface area contributed by atoms with Gasteiger partial charge in [-0.1, -0.05) is 0 Å². The smallest absolute Gasteiger partial charge is 0.254 e. The fourth-order valence-corrected chi connectivity index (χ4v) is 3.48. The molecule has 1 aromatic rings. The van der Waals surface area contributed by atoms with Crippen LogP contribution < -0.4 is 10.9 Å². The third-order valence-corrected chi connectivity index (χ3v) is 4.85. The number of nitrogens with zero attached hydrogens (tertiary/aromatic N) is 2. The van der Waals surface area contributed by atoms with E-state index in [1.54, 1.807) is 19.3 Å². The molecule has 5 nitrogen and oxygen atoms in total. The molecule has 0 spiro atoms. The minimum atomic E-state index is -0.133. The molecular weight excluding hydrogens is 302 g/mol. The normalized spacial score (nSPS) is 22.4. The van der Waals surface area contributed by atoms with Gasteiger partial charge in [0, 0.05) is 44.0 Å². The predicted molar refractivity (Wildman–Crippen MR) is 88.6 cm³/mol. The van der Waals surface area contributed by atoms with Crippen LogP contribution in [0.1, 0.15) is 36.0 Å². The van der Waals surface area contributed by atoms with Gasteiger partial charge in [0.2, 0.25) is 0 Å². The molecular formula is C16H24ClN3O2. The topological polar surface area (TPSA) is 54.3 Å². The second-order valence-corrected chi connectivity index (χ2v) is 6.20. The van der Waals surface area contributed by atoms with Gasteiger partial charge in [0.25, 0.3) is 11.5 Å². The van der Waals surface area contributed by atoms with E-state index in [9.17, 15) is 9.59 Å². The van der Waals surface area contributed by atoms with Crippen LogP contribution in [0.25, 0.3) is 0 Å². The van der Waals surface area contributed by atoms with E-state index in [1.807, 2.05) is 4.90 Å². The van der Waals surface area contributed by atoms with Gasteiger partial charge in [-0.25, -0.2) is 0 Å². The summed E-state index contributed by atoms with van der Waals surface area (Å²) in [7, 11) is 1.69. The Kier molecular flexibility index (Phi) is 5.64. The van der Waals surface area contributed by atoms with Crippen LogP contribution in [-0.4, -0.2) is 41.1 Å². The van der Waals surface area contributed by atoms with E-state index in [0.29, 0.717) is 17.5 Å². The Morgan fingerprint density at radius 1 is 1.27 bits per heavy atom. The first kappa shape index (κ1) is 17.0. The quantitative estimate of drug-likeness (QED) is 0.894.